The van der Waals surface area contributed by atoms with E-state index in [1.54, 1.807) is 0 Å². The third-order valence-electron chi connectivity index (χ3n) is 2.67. The van der Waals surface area contributed by atoms with E-state index in [-0.39, 0.29) is 22.0 Å². The van der Waals surface area contributed by atoms with Gasteiger partial charge in [0, 0.05) is 18.2 Å². The highest BCUT2D eigenvalue weighted by molar-refractivity contribution is 6.32. The Morgan fingerprint density at radius 2 is 1.95 bits per heavy atom. The smallest absolute Gasteiger partial charge is 0.417 e. The molecule has 102 valence electrons. The van der Waals surface area contributed by atoms with Gasteiger partial charge in [0.2, 0.25) is 0 Å². The first-order valence-corrected chi connectivity index (χ1v) is 5.47. The Morgan fingerprint density at radius 3 is 2.42 bits per heavy atom. The zero-order chi connectivity index (χ0) is 14.4. The van der Waals surface area contributed by atoms with Crippen LogP contribution in [0.25, 0.3) is 11.1 Å². The number of aromatic nitrogens is 2. The number of hydrogen-bond donors (Lipinski definition) is 2. The summed E-state index contributed by atoms with van der Waals surface area (Å²) in [5.41, 5.74) is 4.53. The summed E-state index contributed by atoms with van der Waals surface area (Å²) in [6.07, 6.45) is -3.42. The van der Waals surface area contributed by atoms with Crippen LogP contribution in [0.3, 0.4) is 0 Å². The van der Waals surface area contributed by atoms with Crippen LogP contribution in [0.15, 0.2) is 18.3 Å². The quantitative estimate of drug-likeness (QED) is 0.849. The molecule has 0 radical (unpaired) electrons. The van der Waals surface area contributed by atoms with Crippen molar-refractivity contribution < 1.29 is 18.3 Å². The number of hydrogen-bond acceptors (Lipinski definition) is 3. The molecule has 0 spiro atoms. The monoisotopic (exact) mass is 291 g/mol. The fraction of sp³-hybridized carbons (Fsp3) is 0.182. The minimum atomic E-state index is -4.64. The second-order valence-corrected chi connectivity index (χ2v) is 4.32. The van der Waals surface area contributed by atoms with E-state index < -0.39 is 17.5 Å². The molecule has 8 heteroatoms. The van der Waals surface area contributed by atoms with Crippen LogP contribution in [0.2, 0.25) is 5.02 Å². The van der Waals surface area contributed by atoms with Crippen LogP contribution in [0, 0.1) is 0 Å². The van der Waals surface area contributed by atoms with E-state index in [0.29, 0.717) is 6.07 Å². The Hall–Kier alpha value is -1.89. The zero-order valence-electron chi connectivity index (χ0n) is 9.66. The molecule has 0 amide bonds. The van der Waals surface area contributed by atoms with Crippen LogP contribution in [0.4, 0.5) is 19.0 Å². The molecule has 1 aromatic carbocycles. The average molecular weight is 292 g/mol. The summed E-state index contributed by atoms with van der Waals surface area (Å²) in [7, 11) is 1.51. The SMILES string of the molecule is Cn1ncc(-c2cc(Cl)c(O)cc2C(F)(F)F)c1N. The van der Waals surface area contributed by atoms with Crippen LogP contribution >= 0.6 is 11.6 Å². The molecule has 0 saturated heterocycles. The Labute approximate surface area is 111 Å². The molecule has 2 rings (SSSR count). The van der Waals surface area contributed by atoms with Crippen LogP contribution in [0.1, 0.15) is 5.56 Å². The van der Waals surface area contributed by atoms with Crippen LogP contribution < -0.4 is 5.73 Å². The van der Waals surface area contributed by atoms with Gasteiger partial charge in [0.25, 0.3) is 0 Å². The van der Waals surface area contributed by atoms with Gasteiger partial charge in [0.1, 0.15) is 11.6 Å². The first-order chi connectivity index (χ1) is 8.71. The number of nitrogens with zero attached hydrogens (tertiary/aromatic N) is 2. The maximum Gasteiger partial charge on any atom is 0.417 e. The number of anilines is 1. The first-order valence-electron chi connectivity index (χ1n) is 5.09. The van der Waals surface area contributed by atoms with Crippen molar-refractivity contribution in [2.45, 2.75) is 6.18 Å². The molecule has 0 unspecified atom stereocenters. The van der Waals surface area contributed by atoms with Crippen LogP contribution in [0.5, 0.6) is 5.75 Å². The van der Waals surface area contributed by atoms with Gasteiger partial charge in [0.15, 0.2) is 0 Å². The summed E-state index contributed by atoms with van der Waals surface area (Å²) in [5, 5.41) is 12.9. The number of benzene rings is 1. The van der Waals surface area contributed by atoms with E-state index in [1.165, 1.54) is 17.9 Å². The molecule has 2 aromatic rings. The highest BCUT2D eigenvalue weighted by Crippen LogP contribution is 2.42. The highest BCUT2D eigenvalue weighted by atomic mass is 35.5. The summed E-state index contributed by atoms with van der Waals surface area (Å²) < 4.78 is 40.1. The van der Waals surface area contributed by atoms with Crippen molar-refractivity contribution in [3.05, 3.63) is 28.9 Å². The third kappa shape index (κ3) is 2.33. The van der Waals surface area contributed by atoms with Crippen LogP contribution in [-0.2, 0) is 13.2 Å². The fourth-order valence-corrected chi connectivity index (χ4v) is 1.84. The molecule has 0 aliphatic rings. The predicted molar refractivity (Wildman–Crippen MR) is 64.7 cm³/mol. The number of halogens is 4. The lowest BCUT2D eigenvalue weighted by Gasteiger charge is -2.13. The van der Waals surface area contributed by atoms with Gasteiger partial charge in [-0.05, 0) is 12.1 Å². The molecule has 0 atom stereocenters. The molecular formula is C11H9ClF3N3O. The molecule has 0 aliphatic carbocycles. The number of aromatic hydroxyl groups is 1. The molecule has 1 heterocycles. The van der Waals surface area contributed by atoms with E-state index >= 15 is 0 Å². The lowest BCUT2D eigenvalue weighted by Crippen LogP contribution is -2.08. The fourth-order valence-electron chi connectivity index (χ4n) is 1.67. The number of rotatable bonds is 1. The lowest BCUT2D eigenvalue weighted by molar-refractivity contribution is -0.137. The van der Waals surface area contributed by atoms with Gasteiger partial charge < -0.3 is 10.8 Å². The van der Waals surface area contributed by atoms with Crippen molar-refractivity contribution in [1.82, 2.24) is 9.78 Å². The van der Waals surface area contributed by atoms with Gasteiger partial charge in [-0.25, -0.2) is 0 Å². The Morgan fingerprint density at radius 1 is 1.32 bits per heavy atom. The Kier molecular flexibility index (Phi) is 3.09. The van der Waals surface area contributed by atoms with Gasteiger partial charge in [-0.2, -0.15) is 18.3 Å². The average Bonchev–Trinajstić information content (AvgIpc) is 2.62. The number of phenols is 1. The lowest BCUT2D eigenvalue weighted by atomic mass is 10.0. The van der Waals surface area contributed by atoms with E-state index in [4.69, 9.17) is 17.3 Å². The third-order valence-corrected chi connectivity index (χ3v) is 2.97. The molecular weight excluding hydrogens is 283 g/mol. The zero-order valence-corrected chi connectivity index (χ0v) is 10.4. The molecule has 0 bridgehead atoms. The molecule has 0 saturated carbocycles. The van der Waals surface area contributed by atoms with Gasteiger partial charge in [0.05, 0.1) is 16.8 Å². The van der Waals surface area contributed by atoms with Crippen molar-refractivity contribution in [2.24, 2.45) is 7.05 Å². The van der Waals surface area contributed by atoms with E-state index in [2.05, 4.69) is 5.10 Å². The van der Waals surface area contributed by atoms with E-state index in [1.807, 2.05) is 0 Å². The minimum Gasteiger partial charge on any atom is -0.506 e. The second-order valence-electron chi connectivity index (χ2n) is 3.91. The molecule has 3 N–H and O–H groups in total. The molecule has 19 heavy (non-hydrogen) atoms. The van der Waals surface area contributed by atoms with Gasteiger partial charge in [-0.1, -0.05) is 11.6 Å². The molecule has 1 aromatic heterocycles. The molecule has 4 nitrogen and oxygen atoms in total. The molecule has 0 aliphatic heterocycles. The van der Waals surface area contributed by atoms with Crippen molar-refractivity contribution in [2.75, 3.05) is 5.73 Å². The largest absolute Gasteiger partial charge is 0.506 e. The van der Waals surface area contributed by atoms with Crippen molar-refractivity contribution in [1.29, 1.82) is 0 Å². The van der Waals surface area contributed by atoms with Crippen molar-refractivity contribution in [3.63, 3.8) is 0 Å². The predicted octanol–water partition coefficient (Wildman–Crippen LogP) is 3.05. The van der Waals surface area contributed by atoms with Gasteiger partial charge >= 0.3 is 6.18 Å². The standard InChI is InChI=1S/C11H9ClF3N3O/c1-18-10(16)6(4-17-18)5-2-8(12)9(19)3-7(5)11(13,14)15/h2-4,19H,16H2,1H3. The second kappa shape index (κ2) is 4.34. The van der Waals surface area contributed by atoms with Gasteiger partial charge in [-0.3, -0.25) is 4.68 Å². The van der Waals surface area contributed by atoms with E-state index in [9.17, 15) is 18.3 Å². The van der Waals surface area contributed by atoms with Gasteiger partial charge in [-0.15, -0.1) is 0 Å². The van der Waals surface area contributed by atoms with Crippen molar-refractivity contribution >= 4 is 17.4 Å². The minimum absolute atomic E-state index is 0.0762. The number of phenolic OH excluding ortho intramolecular Hbond substituents is 1. The number of aryl methyl sites for hydroxylation is 1. The van der Waals surface area contributed by atoms with Crippen molar-refractivity contribution in [3.8, 4) is 16.9 Å². The maximum atomic E-state index is 13.0. The summed E-state index contributed by atoms with van der Waals surface area (Å²) in [5.74, 6) is -0.563. The topological polar surface area (TPSA) is 64.1 Å². The summed E-state index contributed by atoms with van der Waals surface area (Å²) >= 11 is 5.66. The highest BCUT2D eigenvalue weighted by Gasteiger charge is 2.35. The maximum absolute atomic E-state index is 13.0. The Balaban J connectivity index is 2.75. The van der Waals surface area contributed by atoms with E-state index in [0.717, 1.165) is 6.07 Å². The summed E-state index contributed by atoms with van der Waals surface area (Å²) in [4.78, 5) is 0. The number of nitrogen functional groups attached to an aromatic ring is 1. The number of alkyl halides is 3. The summed E-state index contributed by atoms with van der Waals surface area (Å²) in [6.45, 7) is 0. The molecule has 0 fully saturated rings. The first kappa shape index (κ1) is 13.5. The number of nitrogens with two attached hydrogens (primary N) is 1. The summed E-state index contributed by atoms with van der Waals surface area (Å²) in [6, 6.07) is 1.59. The Bertz CT molecular complexity index is 637. The normalized spacial score (nSPS) is 11.8. The van der Waals surface area contributed by atoms with Crippen LogP contribution in [-0.4, -0.2) is 14.9 Å².